The number of alkyl halides is 3. The first-order valence-electron chi connectivity index (χ1n) is 8.89. The van der Waals surface area contributed by atoms with E-state index in [1.54, 1.807) is 11.0 Å². The van der Waals surface area contributed by atoms with E-state index in [4.69, 9.17) is 5.73 Å². The first-order valence-corrected chi connectivity index (χ1v) is 8.89. The lowest BCUT2D eigenvalue weighted by Crippen LogP contribution is -2.46. The molecule has 158 valence electrons. The van der Waals surface area contributed by atoms with Gasteiger partial charge in [-0.05, 0) is 30.9 Å². The number of para-hydroxylation sites is 1. The molecule has 1 atom stereocenters. The second-order valence-electron chi connectivity index (χ2n) is 6.41. The van der Waals surface area contributed by atoms with Crippen LogP contribution in [-0.4, -0.2) is 49.3 Å². The molecule has 1 aromatic rings. The molecule has 2 rings (SSSR count). The Morgan fingerprint density at radius 3 is 2.68 bits per heavy atom. The van der Waals surface area contributed by atoms with E-state index in [0.717, 1.165) is 0 Å². The molecule has 1 fully saturated rings. The van der Waals surface area contributed by atoms with Gasteiger partial charge in [-0.1, -0.05) is 18.2 Å². The molecule has 6 nitrogen and oxygen atoms in total. The van der Waals surface area contributed by atoms with Crippen LogP contribution in [0.5, 0.6) is 5.75 Å². The minimum Gasteiger partial charge on any atom is -0.406 e. The van der Waals surface area contributed by atoms with Crippen LogP contribution in [0.1, 0.15) is 24.8 Å². The number of benzene rings is 1. The van der Waals surface area contributed by atoms with Crippen molar-refractivity contribution in [2.45, 2.75) is 32.0 Å². The minimum absolute atomic E-state index is 0. The van der Waals surface area contributed by atoms with Crippen LogP contribution in [0.2, 0.25) is 0 Å². The normalized spacial score (nSPS) is 16.9. The molecule has 0 saturated carbocycles. The van der Waals surface area contributed by atoms with Crippen LogP contribution >= 0.6 is 12.4 Å². The number of piperidine rings is 1. The summed E-state index contributed by atoms with van der Waals surface area (Å²) in [5, 5.41) is 2.72. The van der Waals surface area contributed by atoms with E-state index in [1.807, 2.05) is 0 Å². The molecule has 1 unspecified atom stereocenters. The number of carbonyl (C=O) groups excluding carboxylic acids is 2. The Morgan fingerprint density at radius 2 is 2.00 bits per heavy atom. The molecule has 1 heterocycles. The Kier molecular flexibility index (Phi) is 9.54. The van der Waals surface area contributed by atoms with Gasteiger partial charge in [-0.25, -0.2) is 0 Å². The first kappa shape index (κ1) is 24.0. The van der Waals surface area contributed by atoms with Gasteiger partial charge >= 0.3 is 6.36 Å². The number of rotatable bonds is 7. The Bertz CT molecular complexity index is 658. The Morgan fingerprint density at radius 1 is 1.29 bits per heavy atom. The van der Waals surface area contributed by atoms with Crippen molar-refractivity contribution in [2.24, 2.45) is 11.7 Å². The molecular weight excluding hydrogens is 399 g/mol. The second-order valence-corrected chi connectivity index (χ2v) is 6.41. The summed E-state index contributed by atoms with van der Waals surface area (Å²) in [6.45, 7) is 1.59. The van der Waals surface area contributed by atoms with E-state index >= 15 is 0 Å². The highest BCUT2D eigenvalue weighted by Crippen LogP contribution is 2.27. The van der Waals surface area contributed by atoms with Gasteiger partial charge in [0.1, 0.15) is 5.75 Å². The van der Waals surface area contributed by atoms with Gasteiger partial charge in [0.05, 0.1) is 5.92 Å². The van der Waals surface area contributed by atoms with E-state index in [9.17, 15) is 22.8 Å². The number of aryl methyl sites for hydroxylation is 1. The number of nitrogens with zero attached hydrogens (tertiary/aromatic N) is 1. The highest BCUT2D eigenvalue weighted by Gasteiger charge is 2.32. The van der Waals surface area contributed by atoms with Crippen LogP contribution in [0.15, 0.2) is 24.3 Å². The monoisotopic (exact) mass is 423 g/mol. The Labute approximate surface area is 168 Å². The quantitative estimate of drug-likeness (QED) is 0.704. The molecule has 1 aromatic carbocycles. The van der Waals surface area contributed by atoms with Crippen LogP contribution in [0.3, 0.4) is 0 Å². The molecule has 0 spiro atoms. The summed E-state index contributed by atoms with van der Waals surface area (Å²) >= 11 is 0. The van der Waals surface area contributed by atoms with Gasteiger partial charge in [-0.15, -0.1) is 25.6 Å². The maximum atomic E-state index is 12.5. The number of hydrogen-bond acceptors (Lipinski definition) is 4. The zero-order chi connectivity index (χ0) is 19.9. The van der Waals surface area contributed by atoms with Gasteiger partial charge in [0.2, 0.25) is 11.8 Å². The maximum absolute atomic E-state index is 12.5. The third kappa shape index (κ3) is 7.55. The van der Waals surface area contributed by atoms with Crippen LogP contribution in [0.25, 0.3) is 0 Å². The number of hydrogen-bond donors (Lipinski definition) is 2. The van der Waals surface area contributed by atoms with Gasteiger partial charge in [0.15, 0.2) is 0 Å². The first-order chi connectivity index (χ1) is 12.8. The predicted molar refractivity (Wildman–Crippen MR) is 100 cm³/mol. The van der Waals surface area contributed by atoms with Gasteiger partial charge in [-0.3, -0.25) is 9.59 Å². The van der Waals surface area contributed by atoms with Crippen molar-refractivity contribution in [1.82, 2.24) is 10.2 Å². The van der Waals surface area contributed by atoms with Crippen LogP contribution in [0.4, 0.5) is 13.2 Å². The third-order valence-electron chi connectivity index (χ3n) is 4.39. The highest BCUT2D eigenvalue weighted by atomic mass is 35.5. The molecule has 3 N–H and O–H groups in total. The number of amides is 2. The molecule has 2 amide bonds. The van der Waals surface area contributed by atoms with Crippen molar-refractivity contribution in [3.63, 3.8) is 0 Å². The lowest BCUT2D eigenvalue weighted by molar-refractivity contribution is -0.274. The smallest absolute Gasteiger partial charge is 0.406 e. The van der Waals surface area contributed by atoms with Crippen molar-refractivity contribution in [3.8, 4) is 5.75 Å². The Balaban J connectivity index is 0.00000392. The topological polar surface area (TPSA) is 84.7 Å². The molecule has 0 aromatic heterocycles. The summed E-state index contributed by atoms with van der Waals surface area (Å²) in [5.41, 5.74) is 5.68. The van der Waals surface area contributed by atoms with Gasteiger partial charge in [0.25, 0.3) is 0 Å². The molecule has 28 heavy (non-hydrogen) atoms. The molecule has 0 radical (unpaired) electrons. The molecule has 1 saturated heterocycles. The number of nitrogens with one attached hydrogen (secondary N) is 1. The van der Waals surface area contributed by atoms with E-state index in [1.165, 1.54) is 18.2 Å². The fraction of sp³-hybridized carbons (Fsp3) is 0.556. The molecule has 1 aliphatic rings. The van der Waals surface area contributed by atoms with Crippen molar-refractivity contribution in [2.75, 3.05) is 26.2 Å². The van der Waals surface area contributed by atoms with Crippen molar-refractivity contribution < 1.29 is 27.5 Å². The average Bonchev–Trinajstić information content (AvgIpc) is 2.64. The highest BCUT2D eigenvalue weighted by molar-refractivity contribution is 5.85. The third-order valence-corrected chi connectivity index (χ3v) is 4.39. The fourth-order valence-electron chi connectivity index (χ4n) is 3.09. The summed E-state index contributed by atoms with van der Waals surface area (Å²) in [5.74, 6) is -0.888. The van der Waals surface area contributed by atoms with Gasteiger partial charge < -0.3 is 20.7 Å². The minimum atomic E-state index is -4.78. The number of likely N-dealkylation sites (tertiary alicyclic amines) is 1. The van der Waals surface area contributed by atoms with Crippen LogP contribution < -0.4 is 15.8 Å². The second kappa shape index (κ2) is 11.1. The summed E-state index contributed by atoms with van der Waals surface area (Å²) in [6.07, 6.45) is -3.19. The summed E-state index contributed by atoms with van der Waals surface area (Å²) < 4.78 is 41.4. The number of ether oxygens (including phenoxy) is 1. The zero-order valence-corrected chi connectivity index (χ0v) is 16.2. The van der Waals surface area contributed by atoms with E-state index in [0.29, 0.717) is 44.6 Å². The number of nitrogens with two attached hydrogens (primary N) is 1. The lowest BCUT2D eigenvalue weighted by atomic mass is 9.96. The summed E-state index contributed by atoms with van der Waals surface area (Å²) in [7, 11) is 0. The van der Waals surface area contributed by atoms with E-state index < -0.39 is 6.36 Å². The molecular formula is C18H25ClF3N3O3. The van der Waals surface area contributed by atoms with Crippen molar-refractivity contribution >= 4 is 24.2 Å². The standard InChI is InChI=1S/C18H24F3N3O3.ClH/c19-18(20,21)27-15-6-2-1-4-13(15)7-8-16(25)24-11-3-5-14(12-24)17(26)23-10-9-22;/h1-2,4,6,14H,3,5,7-12,22H2,(H,23,26);1H. The summed E-state index contributed by atoms with van der Waals surface area (Å²) in [4.78, 5) is 26.1. The van der Waals surface area contributed by atoms with E-state index in [-0.39, 0.29) is 48.7 Å². The fourth-order valence-corrected chi connectivity index (χ4v) is 3.09. The molecule has 10 heteroatoms. The van der Waals surface area contributed by atoms with E-state index in [2.05, 4.69) is 10.1 Å². The number of carbonyl (C=O) groups is 2. The van der Waals surface area contributed by atoms with Crippen LogP contribution in [0, 0.1) is 5.92 Å². The SMILES string of the molecule is Cl.NCCNC(=O)C1CCCN(C(=O)CCc2ccccc2OC(F)(F)F)C1. The zero-order valence-electron chi connectivity index (χ0n) is 15.3. The van der Waals surface area contributed by atoms with Gasteiger partial charge in [-0.2, -0.15) is 0 Å². The predicted octanol–water partition coefficient (Wildman–Crippen LogP) is 2.25. The lowest BCUT2D eigenvalue weighted by Gasteiger charge is -2.32. The van der Waals surface area contributed by atoms with Crippen molar-refractivity contribution in [3.05, 3.63) is 29.8 Å². The molecule has 0 bridgehead atoms. The number of halogens is 4. The molecule has 1 aliphatic heterocycles. The largest absolute Gasteiger partial charge is 0.573 e. The van der Waals surface area contributed by atoms with Gasteiger partial charge in [0, 0.05) is 32.6 Å². The summed E-state index contributed by atoms with van der Waals surface area (Å²) in [6, 6.07) is 5.78. The Hall–Kier alpha value is -2.00. The average molecular weight is 424 g/mol. The maximum Gasteiger partial charge on any atom is 0.573 e. The van der Waals surface area contributed by atoms with Crippen LogP contribution in [-0.2, 0) is 16.0 Å². The van der Waals surface area contributed by atoms with Crippen molar-refractivity contribution in [1.29, 1.82) is 0 Å². The molecule has 0 aliphatic carbocycles.